The van der Waals surface area contributed by atoms with E-state index in [1.807, 2.05) is 19.3 Å². The first-order chi connectivity index (χ1) is 10.2. The van der Waals surface area contributed by atoms with Crippen LogP contribution < -0.4 is 10.1 Å². The Hall–Kier alpha value is -2.90. The molecule has 8 heteroatoms. The summed E-state index contributed by atoms with van der Waals surface area (Å²) in [5.41, 5.74) is 1.10. The van der Waals surface area contributed by atoms with Gasteiger partial charge in [-0.1, -0.05) is 0 Å². The molecule has 0 bridgehead atoms. The van der Waals surface area contributed by atoms with Crippen molar-refractivity contribution in [2.75, 3.05) is 7.11 Å². The standard InChI is InChI=1S/C13H14N6O2/c1-18-6-3-4-9(18)12(20)15-8-10-16-17-11-13(21-2)14-5-7-19(10)11/h3-7H,8H2,1-2H3,(H,15,20). The lowest BCUT2D eigenvalue weighted by molar-refractivity contribution is 0.0941. The van der Waals surface area contributed by atoms with Gasteiger partial charge in [-0.2, -0.15) is 0 Å². The van der Waals surface area contributed by atoms with Crippen LogP contribution in [0, 0.1) is 0 Å². The molecule has 0 saturated heterocycles. The normalized spacial score (nSPS) is 10.8. The number of fused-ring (bicyclic) bond motifs is 1. The third kappa shape index (κ3) is 2.31. The number of nitrogens with zero attached hydrogens (tertiary/aromatic N) is 5. The predicted molar refractivity (Wildman–Crippen MR) is 73.9 cm³/mol. The van der Waals surface area contributed by atoms with Crippen LogP contribution >= 0.6 is 0 Å². The molecule has 0 fully saturated rings. The van der Waals surface area contributed by atoms with E-state index >= 15 is 0 Å². The second kappa shape index (κ2) is 5.23. The molecule has 0 aliphatic heterocycles. The van der Waals surface area contributed by atoms with Crippen molar-refractivity contribution >= 4 is 11.6 Å². The zero-order chi connectivity index (χ0) is 14.8. The molecule has 108 valence electrons. The lowest BCUT2D eigenvalue weighted by Crippen LogP contribution is -2.25. The maximum absolute atomic E-state index is 12.1. The third-order valence-corrected chi connectivity index (χ3v) is 3.14. The second-order valence-electron chi connectivity index (χ2n) is 4.43. The van der Waals surface area contributed by atoms with Crippen LogP contribution in [-0.2, 0) is 13.6 Å². The Bertz CT molecular complexity index is 791. The molecular formula is C13H14N6O2. The van der Waals surface area contributed by atoms with Crippen LogP contribution in [0.4, 0.5) is 0 Å². The number of amides is 1. The minimum atomic E-state index is -0.166. The summed E-state index contributed by atoms with van der Waals surface area (Å²) in [6.45, 7) is 0.262. The van der Waals surface area contributed by atoms with Crippen LogP contribution in [0.15, 0.2) is 30.7 Å². The largest absolute Gasteiger partial charge is 0.478 e. The van der Waals surface area contributed by atoms with Gasteiger partial charge in [-0.25, -0.2) is 4.98 Å². The van der Waals surface area contributed by atoms with Gasteiger partial charge in [0.05, 0.1) is 13.7 Å². The van der Waals surface area contributed by atoms with Gasteiger partial charge in [0.1, 0.15) is 5.69 Å². The first-order valence-electron chi connectivity index (χ1n) is 6.33. The van der Waals surface area contributed by atoms with Crippen LogP contribution in [0.1, 0.15) is 16.3 Å². The minimum absolute atomic E-state index is 0.166. The van der Waals surface area contributed by atoms with Gasteiger partial charge < -0.3 is 14.6 Å². The topological polar surface area (TPSA) is 86.3 Å². The van der Waals surface area contributed by atoms with Gasteiger partial charge >= 0.3 is 0 Å². The number of carbonyl (C=O) groups is 1. The maximum Gasteiger partial charge on any atom is 0.268 e. The molecule has 0 unspecified atom stereocenters. The van der Waals surface area contributed by atoms with E-state index in [4.69, 9.17) is 4.74 Å². The van der Waals surface area contributed by atoms with E-state index in [1.165, 1.54) is 7.11 Å². The van der Waals surface area contributed by atoms with E-state index < -0.39 is 0 Å². The molecule has 3 aromatic heterocycles. The number of nitrogens with one attached hydrogen (secondary N) is 1. The Labute approximate surface area is 120 Å². The summed E-state index contributed by atoms with van der Waals surface area (Å²) >= 11 is 0. The second-order valence-corrected chi connectivity index (χ2v) is 4.43. The fraction of sp³-hybridized carbons (Fsp3) is 0.231. The Balaban J connectivity index is 1.80. The Kier molecular flexibility index (Phi) is 3.27. The summed E-state index contributed by atoms with van der Waals surface area (Å²) < 4.78 is 8.60. The van der Waals surface area contributed by atoms with Crippen LogP contribution in [-0.4, -0.2) is 37.2 Å². The number of methoxy groups -OCH3 is 1. The maximum atomic E-state index is 12.1. The lowest BCUT2D eigenvalue weighted by Gasteiger charge is -2.05. The highest BCUT2D eigenvalue weighted by molar-refractivity contribution is 5.92. The van der Waals surface area contributed by atoms with Gasteiger partial charge in [-0.15, -0.1) is 10.2 Å². The van der Waals surface area contributed by atoms with E-state index in [1.54, 1.807) is 27.4 Å². The number of hydrogen-bond acceptors (Lipinski definition) is 5. The number of ether oxygens (including phenoxy) is 1. The number of aromatic nitrogens is 5. The molecule has 0 atom stereocenters. The summed E-state index contributed by atoms with van der Waals surface area (Å²) in [5.74, 6) is 0.832. The van der Waals surface area contributed by atoms with E-state index in [-0.39, 0.29) is 12.5 Å². The average Bonchev–Trinajstić information content (AvgIpc) is 3.10. The molecule has 1 amide bonds. The number of carbonyl (C=O) groups excluding carboxylic acids is 1. The first kappa shape index (κ1) is 13.1. The molecule has 0 saturated carbocycles. The van der Waals surface area contributed by atoms with Crippen molar-refractivity contribution in [1.29, 1.82) is 0 Å². The molecule has 0 aromatic carbocycles. The van der Waals surface area contributed by atoms with E-state index in [0.717, 1.165) is 0 Å². The van der Waals surface area contributed by atoms with Gasteiger partial charge in [0, 0.05) is 25.6 Å². The predicted octanol–water partition coefficient (Wildman–Crippen LogP) is 0.401. The van der Waals surface area contributed by atoms with Crippen LogP contribution in [0.3, 0.4) is 0 Å². The van der Waals surface area contributed by atoms with Gasteiger partial charge in [0.25, 0.3) is 11.8 Å². The molecule has 21 heavy (non-hydrogen) atoms. The van der Waals surface area contributed by atoms with Crippen molar-refractivity contribution in [3.05, 3.63) is 42.2 Å². The Morgan fingerprint density at radius 2 is 2.24 bits per heavy atom. The smallest absolute Gasteiger partial charge is 0.268 e. The molecule has 0 aliphatic rings. The average molecular weight is 286 g/mol. The molecule has 0 radical (unpaired) electrons. The molecule has 3 rings (SSSR count). The van der Waals surface area contributed by atoms with Gasteiger partial charge in [0.2, 0.25) is 5.65 Å². The minimum Gasteiger partial charge on any atom is -0.478 e. The molecule has 1 N–H and O–H groups in total. The van der Waals surface area contributed by atoms with Crippen molar-refractivity contribution < 1.29 is 9.53 Å². The summed E-state index contributed by atoms with van der Waals surface area (Å²) in [4.78, 5) is 16.1. The highest BCUT2D eigenvalue weighted by atomic mass is 16.5. The molecule has 0 aliphatic carbocycles. The van der Waals surface area contributed by atoms with Crippen LogP contribution in [0.5, 0.6) is 5.88 Å². The molecule has 0 spiro atoms. The van der Waals surface area contributed by atoms with Crippen LogP contribution in [0.25, 0.3) is 5.65 Å². The summed E-state index contributed by atoms with van der Waals surface area (Å²) in [6, 6.07) is 3.57. The van der Waals surface area contributed by atoms with Gasteiger partial charge in [-0.05, 0) is 12.1 Å². The summed E-state index contributed by atoms with van der Waals surface area (Å²) in [5, 5.41) is 10.9. The summed E-state index contributed by atoms with van der Waals surface area (Å²) in [6.07, 6.45) is 5.14. The van der Waals surface area contributed by atoms with E-state index in [0.29, 0.717) is 23.0 Å². The zero-order valence-corrected chi connectivity index (χ0v) is 11.6. The molecular weight excluding hydrogens is 272 g/mol. The SMILES string of the molecule is COc1nccn2c(CNC(=O)c3cccn3C)nnc12. The molecule has 8 nitrogen and oxygen atoms in total. The van der Waals surface area contributed by atoms with Gasteiger partial charge in [0.15, 0.2) is 5.82 Å². The highest BCUT2D eigenvalue weighted by Gasteiger charge is 2.13. The summed E-state index contributed by atoms with van der Waals surface area (Å²) in [7, 11) is 3.34. The van der Waals surface area contributed by atoms with Crippen molar-refractivity contribution in [1.82, 2.24) is 29.5 Å². The van der Waals surface area contributed by atoms with Gasteiger partial charge in [-0.3, -0.25) is 9.20 Å². The molecule has 3 heterocycles. The quantitative estimate of drug-likeness (QED) is 0.750. The van der Waals surface area contributed by atoms with Crippen molar-refractivity contribution in [2.45, 2.75) is 6.54 Å². The third-order valence-electron chi connectivity index (χ3n) is 3.14. The van der Waals surface area contributed by atoms with E-state index in [2.05, 4.69) is 20.5 Å². The van der Waals surface area contributed by atoms with Crippen molar-refractivity contribution in [3.8, 4) is 5.88 Å². The zero-order valence-electron chi connectivity index (χ0n) is 11.6. The Morgan fingerprint density at radius 1 is 1.38 bits per heavy atom. The number of aryl methyl sites for hydroxylation is 1. The fourth-order valence-corrected chi connectivity index (χ4v) is 2.06. The van der Waals surface area contributed by atoms with E-state index in [9.17, 15) is 4.79 Å². The Morgan fingerprint density at radius 3 is 2.95 bits per heavy atom. The monoisotopic (exact) mass is 286 g/mol. The first-order valence-corrected chi connectivity index (χ1v) is 6.33. The number of hydrogen-bond donors (Lipinski definition) is 1. The number of rotatable bonds is 4. The van der Waals surface area contributed by atoms with Crippen molar-refractivity contribution in [3.63, 3.8) is 0 Å². The molecule has 3 aromatic rings. The van der Waals surface area contributed by atoms with Crippen LogP contribution in [0.2, 0.25) is 0 Å². The highest BCUT2D eigenvalue weighted by Crippen LogP contribution is 2.13. The van der Waals surface area contributed by atoms with Crippen molar-refractivity contribution in [2.24, 2.45) is 7.05 Å². The lowest BCUT2D eigenvalue weighted by atomic mass is 10.4. The fourth-order valence-electron chi connectivity index (χ4n) is 2.06.